The second-order valence-corrected chi connectivity index (χ2v) is 5.88. The number of hydrogen-bond donors (Lipinski definition) is 2. The number of carbonyl (C=O) groups is 2. The van der Waals surface area contributed by atoms with Crippen LogP contribution in [0.2, 0.25) is 10.0 Å². The third kappa shape index (κ3) is 5.51. The molecule has 7 heteroatoms. The van der Waals surface area contributed by atoms with Crippen LogP contribution in [-0.2, 0) is 4.79 Å². The fourth-order valence-corrected chi connectivity index (χ4v) is 2.30. The summed E-state index contributed by atoms with van der Waals surface area (Å²) in [6.07, 6.45) is 0.665. The number of benzene rings is 2. The monoisotopic (exact) mass is 368 g/mol. The van der Waals surface area contributed by atoms with Crippen LogP contribution in [0.15, 0.2) is 42.5 Å². The van der Waals surface area contributed by atoms with E-state index in [9.17, 15) is 14.0 Å². The highest BCUT2D eigenvalue weighted by molar-refractivity contribution is 6.33. The molecule has 2 amide bonds. The molecule has 0 aliphatic rings. The lowest BCUT2D eigenvalue weighted by molar-refractivity contribution is -0.116. The molecule has 24 heavy (non-hydrogen) atoms. The SMILES string of the molecule is O=C(CCCNC(=O)c1ccc(Cl)cc1)Nc1ccc(F)cc1Cl. The van der Waals surface area contributed by atoms with Crippen molar-refractivity contribution in [1.29, 1.82) is 0 Å². The summed E-state index contributed by atoms with van der Waals surface area (Å²) in [5, 5.41) is 6.01. The van der Waals surface area contributed by atoms with Crippen molar-refractivity contribution in [2.24, 2.45) is 0 Å². The van der Waals surface area contributed by atoms with E-state index in [0.29, 0.717) is 29.2 Å². The minimum atomic E-state index is -0.470. The van der Waals surface area contributed by atoms with E-state index >= 15 is 0 Å². The zero-order valence-electron chi connectivity index (χ0n) is 12.6. The van der Waals surface area contributed by atoms with Gasteiger partial charge in [0, 0.05) is 23.6 Å². The average molecular weight is 369 g/mol. The lowest BCUT2D eigenvalue weighted by Crippen LogP contribution is -2.25. The second-order valence-electron chi connectivity index (χ2n) is 5.04. The van der Waals surface area contributed by atoms with Crippen LogP contribution >= 0.6 is 23.2 Å². The van der Waals surface area contributed by atoms with Gasteiger partial charge in [0.1, 0.15) is 5.82 Å². The number of amides is 2. The summed E-state index contributed by atoms with van der Waals surface area (Å²) in [6, 6.07) is 10.3. The molecule has 0 radical (unpaired) electrons. The first-order chi connectivity index (χ1) is 11.5. The minimum absolute atomic E-state index is 0.138. The molecule has 0 aliphatic heterocycles. The number of carbonyl (C=O) groups excluding carboxylic acids is 2. The van der Waals surface area contributed by atoms with Gasteiger partial charge in [-0.05, 0) is 48.9 Å². The van der Waals surface area contributed by atoms with E-state index in [1.165, 1.54) is 12.1 Å². The largest absolute Gasteiger partial charge is 0.352 e. The van der Waals surface area contributed by atoms with Crippen molar-refractivity contribution in [3.63, 3.8) is 0 Å². The van der Waals surface area contributed by atoms with E-state index in [1.54, 1.807) is 24.3 Å². The summed E-state index contributed by atoms with van der Waals surface area (Å²) < 4.78 is 12.9. The van der Waals surface area contributed by atoms with Crippen molar-refractivity contribution in [1.82, 2.24) is 5.32 Å². The maximum atomic E-state index is 12.9. The van der Waals surface area contributed by atoms with Crippen molar-refractivity contribution < 1.29 is 14.0 Å². The predicted octanol–water partition coefficient (Wildman–Crippen LogP) is 4.28. The maximum absolute atomic E-state index is 12.9. The van der Waals surface area contributed by atoms with Gasteiger partial charge in [0.2, 0.25) is 5.91 Å². The van der Waals surface area contributed by atoms with Crippen LogP contribution < -0.4 is 10.6 Å². The molecular weight excluding hydrogens is 354 g/mol. The molecule has 0 bridgehead atoms. The lowest BCUT2D eigenvalue weighted by atomic mass is 10.2. The minimum Gasteiger partial charge on any atom is -0.352 e. The molecule has 0 saturated carbocycles. The van der Waals surface area contributed by atoms with Crippen LogP contribution in [-0.4, -0.2) is 18.4 Å². The van der Waals surface area contributed by atoms with Crippen LogP contribution in [0.1, 0.15) is 23.2 Å². The van der Waals surface area contributed by atoms with Crippen LogP contribution in [0.25, 0.3) is 0 Å². The van der Waals surface area contributed by atoms with E-state index in [1.807, 2.05) is 0 Å². The predicted molar refractivity (Wildman–Crippen MR) is 93.1 cm³/mol. The Labute approximate surface area is 149 Å². The molecule has 0 aliphatic carbocycles. The Morgan fingerprint density at radius 1 is 1.04 bits per heavy atom. The van der Waals surface area contributed by atoms with Gasteiger partial charge >= 0.3 is 0 Å². The van der Waals surface area contributed by atoms with Crippen LogP contribution in [0.3, 0.4) is 0 Å². The van der Waals surface area contributed by atoms with Gasteiger partial charge in [-0.15, -0.1) is 0 Å². The summed E-state index contributed by atoms with van der Waals surface area (Å²) in [6.45, 7) is 0.353. The topological polar surface area (TPSA) is 58.2 Å². The van der Waals surface area contributed by atoms with Crippen molar-refractivity contribution in [3.05, 3.63) is 63.9 Å². The van der Waals surface area contributed by atoms with E-state index in [4.69, 9.17) is 23.2 Å². The van der Waals surface area contributed by atoms with Crippen molar-refractivity contribution in [3.8, 4) is 0 Å². The summed E-state index contributed by atoms with van der Waals surface area (Å²) in [4.78, 5) is 23.7. The zero-order chi connectivity index (χ0) is 17.5. The molecule has 0 heterocycles. The van der Waals surface area contributed by atoms with Gasteiger partial charge in [-0.2, -0.15) is 0 Å². The molecule has 2 aromatic carbocycles. The molecule has 126 valence electrons. The van der Waals surface area contributed by atoms with Gasteiger partial charge in [-0.1, -0.05) is 23.2 Å². The number of nitrogens with one attached hydrogen (secondary N) is 2. The fourth-order valence-electron chi connectivity index (χ4n) is 1.96. The van der Waals surface area contributed by atoms with E-state index in [2.05, 4.69) is 10.6 Å². The van der Waals surface area contributed by atoms with Crippen LogP contribution in [0.5, 0.6) is 0 Å². The number of hydrogen-bond acceptors (Lipinski definition) is 2. The van der Waals surface area contributed by atoms with Gasteiger partial charge < -0.3 is 10.6 Å². The molecule has 2 N–H and O–H groups in total. The van der Waals surface area contributed by atoms with Gasteiger partial charge in [0.25, 0.3) is 5.91 Å². The molecule has 4 nitrogen and oxygen atoms in total. The molecular formula is C17H15Cl2FN2O2. The Hall–Kier alpha value is -2.11. The van der Waals surface area contributed by atoms with Gasteiger partial charge in [-0.25, -0.2) is 4.39 Å². The van der Waals surface area contributed by atoms with Crippen LogP contribution in [0, 0.1) is 5.82 Å². The Morgan fingerprint density at radius 3 is 2.42 bits per heavy atom. The quantitative estimate of drug-likeness (QED) is 0.747. The highest BCUT2D eigenvalue weighted by Gasteiger charge is 2.08. The molecule has 0 aromatic heterocycles. The standard InChI is InChI=1S/C17H15Cl2FN2O2/c18-12-5-3-11(4-6-12)17(24)21-9-1-2-16(23)22-15-8-7-13(20)10-14(15)19/h3-8,10H,1-2,9H2,(H,21,24)(H,22,23). The van der Waals surface area contributed by atoms with E-state index in [-0.39, 0.29) is 23.3 Å². The van der Waals surface area contributed by atoms with Gasteiger partial charge in [0.05, 0.1) is 10.7 Å². The first kappa shape index (κ1) is 18.2. The van der Waals surface area contributed by atoms with Crippen LogP contribution in [0.4, 0.5) is 10.1 Å². The highest BCUT2D eigenvalue weighted by Crippen LogP contribution is 2.22. The number of rotatable bonds is 6. The second kappa shape index (κ2) is 8.66. The van der Waals surface area contributed by atoms with Crippen molar-refractivity contribution in [2.75, 3.05) is 11.9 Å². The highest BCUT2D eigenvalue weighted by atomic mass is 35.5. The molecule has 0 atom stereocenters. The molecule has 2 rings (SSSR count). The van der Waals surface area contributed by atoms with Crippen molar-refractivity contribution in [2.45, 2.75) is 12.8 Å². The maximum Gasteiger partial charge on any atom is 0.251 e. The first-order valence-electron chi connectivity index (χ1n) is 7.24. The first-order valence-corrected chi connectivity index (χ1v) is 8.00. The Bertz CT molecular complexity index is 736. The molecule has 0 unspecified atom stereocenters. The summed E-state index contributed by atoms with van der Waals surface area (Å²) in [5.74, 6) is -0.958. The summed E-state index contributed by atoms with van der Waals surface area (Å²) in [5.41, 5.74) is 0.857. The van der Waals surface area contributed by atoms with Gasteiger partial charge in [0.15, 0.2) is 0 Å². The smallest absolute Gasteiger partial charge is 0.251 e. The van der Waals surface area contributed by atoms with Gasteiger partial charge in [-0.3, -0.25) is 9.59 Å². The summed E-state index contributed by atoms with van der Waals surface area (Å²) in [7, 11) is 0. The Balaban J connectivity index is 1.72. The van der Waals surface area contributed by atoms with E-state index < -0.39 is 5.82 Å². The lowest BCUT2D eigenvalue weighted by Gasteiger charge is -2.08. The third-order valence-corrected chi connectivity index (χ3v) is 3.74. The number of halogens is 3. The van der Waals surface area contributed by atoms with E-state index in [0.717, 1.165) is 6.07 Å². The average Bonchev–Trinajstić information content (AvgIpc) is 2.55. The molecule has 0 fully saturated rings. The summed E-state index contributed by atoms with van der Waals surface area (Å²) >= 11 is 11.6. The molecule has 0 spiro atoms. The number of anilines is 1. The Kier molecular flexibility index (Phi) is 6.58. The molecule has 2 aromatic rings. The van der Waals surface area contributed by atoms with Crippen molar-refractivity contribution >= 4 is 40.7 Å². The Morgan fingerprint density at radius 2 is 1.75 bits per heavy atom. The fraction of sp³-hybridized carbons (Fsp3) is 0.176. The normalized spacial score (nSPS) is 10.3. The third-order valence-electron chi connectivity index (χ3n) is 3.18. The molecule has 0 saturated heterocycles. The zero-order valence-corrected chi connectivity index (χ0v) is 14.1.